The molecule has 1 rings (SSSR count). The Morgan fingerprint density at radius 3 is 2.47 bits per heavy atom. The molecule has 1 atom stereocenters. The van der Waals surface area contributed by atoms with Crippen molar-refractivity contribution in [2.75, 3.05) is 19.1 Å². The maximum absolute atomic E-state index is 10.7. The van der Waals surface area contributed by atoms with Gasteiger partial charge in [-0.2, -0.15) is 11.8 Å². The molecule has 4 heteroatoms. The summed E-state index contributed by atoms with van der Waals surface area (Å²) >= 11 is 1.84. The second kappa shape index (κ2) is 6.67. The fourth-order valence-corrected chi connectivity index (χ4v) is 2.30. The van der Waals surface area contributed by atoms with E-state index in [0.717, 1.165) is 17.9 Å². The van der Waals surface area contributed by atoms with Crippen LogP contribution in [-0.2, 0) is 6.54 Å². The first-order valence-corrected chi connectivity index (χ1v) is 6.95. The zero-order valence-electron chi connectivity index (χ0n) is 10.5. The van der Waals surface area contributed by atoms with Gasteiger partial charge in [-0.1, -0.05) is 12.1 Å². The van der Waals surface area contributed by atoms with E-state index >= 15 is 0 Å². The number of rotatable bonds is 6. The molecule has 0 aliphatic heterocycles. The fraction of sp³-hybridized carbons (Fsp3) is 0.462. The van der Waals surface area contributed by atoms with Crippen molar-refractivity contribution in [2.24, 2.45) is 0 Å². The smallest absolute Gasteiger partial charge is 0.335 e. The Labute approximate surface area is 107 Å². The SMILES string of the molecule is CSCC(C)N(C)Cc1ccc(C(=O)O)cc1. The molecule has 1 N–H and O–H groups in total. The maximum atomic E-state index is 10.7. The average Bonchev–Trinajstić information content (AvgIpc) is 2.30. The van der Waals surface area contributed by atoms with Gasteiger partial charge in [-0.05, 0) is 37.9 Å². The predicted octanol–water partition coefficient (Wildman–Crippen LogP) is 2.57. The molecule has 0 aliphatic rings. The van der Waals surface area contributed by atoms with Gasteiger partial charge in [-0.25, -0.2) is 4.79 Å². The van der Waals surface area contributed by atoms with Crippen molar-refractivity contribution in [3.63, 3.8) is 0 Å². The monoisotopic (exact) mass is 253 g/mol. The lowest BCUT2D eigenvalue weighted by molar-refractivity contribution is 0.0697. The van der Waals surface area contributed by atoms with E-state index < -0.39 is 5.97 Å². The summed E-state index contributed by atoms with van der Waals surface area (Å²) in [6, 6.07) is 7.59. The molecule has 0 fully saturated rings. The highest BCUT2D eigenvalue weighted by atomic mass is 32.2. The first-order chi connectivity index (χ1) is 8.04. The number of hydrogen-bond donors (Lipinski definition) is 1. The molecule has 0 aliphatic carbocycles. The van der Waals surface area contributed by atoms with Crippen LogP contribution in [0.15, 0.2) is 24.3 Å². The summed E-state index contributed by atoms with van der Waals surface area (Å²) in [5.41, 5.74) is 1.49. The molecule has 0 radical (unpaired) electrons. The lowest BCUT2D eigenvalue weighted by Crippen LogP contribution is -2.30. The minimum atomic E-state index is -0.874. The quantitative estimate of drug-likeness (QED) is 0.846. The van der Waals surface area contributed by atoms with Gasteiger partial charge in [-0.15, -0.1) is 0 Å². The molecule has 94 valence electrons. The Morgan fingerprint density at radius 1 is 1.41 bits per heavy atom. The van der Waals surface area contributed by atoms with E-state index in [1.807, 2.05) is 23.9 Å². The summed E-state index contributed by atoms with van der Waals surface area (Å²) in [4.78, 5) is 13.0. The minimum absolute atomic E-state index is 0.341. The molecule has 17 heavy (non-hydrogen) atoms. The summed E-state index contributed by atoms with van der Waals surface area (Å²) in [7, 11) is 2.09. The van der Waals surface area contributed by atoms with Gasteiger partial charge < -0.3 is 5.11 Å². The number of carbonyl (C=O) groups is 1. The number of nitrogens with zero attached hydrogens (tertiary/aromatic N) is 1. The Hall–Kier alpha value is -1.00. The number of carboxylic acid groups (broad SMARTS) is 1. The van der Waals surface area contributed by atoms with E-state index in [1.165, 1.54) is 0 Å². The van der Waals surface area contributed by atoms with Crippen molar-refractivity contribution in [3.8, 4) is 0 Å². The largest absolute Gasteiger partial charge is 0.478 e. The van der Waals surface area contributed by atoms with Gasteiger partial charge in [-0.3, -0.25) is 4.90 Å². The standard InChI is InChI=1S/C13H19NO2S/c1-10(9-17-3)14(2)8-11-4-6-12(7-5-11)13(15)16/h4-7,10H,8-9H2,1-3H3,(H,15,16). The van der Waals surface area contributed by atoms with Crippen LogP contribution in [0.25, 0.3) is 0 Å². The molecule has 0 spiro atoms. The summed E-state index contributed by atoms with van der Waals surface area (Å²) < 4.78 is 0. The molecule has 3 nitrogen and oxygen atoms in total. The van der Waals surface area contributed by atoms with E-state index in [9.17, 15) is 4.79 Å². The molecule has 0 saturated heterocycles. The lowest BCUT2D eigenvalue weighted by atomic mass is 10.1. The highest BCUT2D eigenvalue weighted by Crippen LogP contribution is 2.10. The minimum Gasteiger partial charge on any atom is -0.478 e. The maximum Gasteiger partial charge on any atom is 0.335 e. The van der Waals surface area contributed by atoms with Gasteiger partial charge in [0.15, 0.2) is 0 Å². The van der Waals surface area contributed by atoms with Crippen LogP contribution in [0.5, 0.6) is 0 Å². The molecule has 1 aromatic rings. The zero-order chi connectivity index (χ0) is 12.8. The van der Waals surface area contributed by atoms with E-state index in [4.69, 9.17) is 5.11 Å². The van der Waals surface area contributed by atoms with Crippen molar-refractivity contribution in [3.05, 3.63) is 35.4 Å². The lowest BCUT2D eigenvalue weighted by Gasteiger charge is -2.24. The van der Waals surface area contributed by atoms with Crippen LogP contribution in [0.4, 0.5) is 0 Å². The van der Waals surface area contributed by atoms with Gasteiger partial charge in [0, 0.05) is 18.3 Å². The van der Waals surface area contributed by atoms with Gasteiger partial charge in [0.1, 0.15) is 0 Å². The van der Waals surface area contributed by atoms with Crippen LogP contribution in [0, 0.1) is 0 Å². The van der Waals surface area contributed by atoms with E-state index in [1.54, 1.807) is 12.1 Å². The van der Waals surface area contributed by atoms with Crippen molar-refractivity contribution < 1.29 is 9.90 Å². The molecule has 0 heterocycles. The van der Waals surface area contributed by atoms with Crippen LogP contribution in [-0.4, -0.2) is 41.1 Å². The topological polar surface area (TPSA) is 40.5 Å². The summed E-state index contributed by atoms with van der Waals surface area (Å²) in [5, 5.41) is 8.80. The third-order valence-electron chi connectivity index (χ3n) is 2.79. The van der Waals surface area contributed by atoms with Crippen molar-refractivity contribution in [2.45, 2.75) is 19.5 Å². The number of aromatic carboxylic acids is 1. The number of thioether (sulfide) groups is 1. The Kier molecular flexibility index (Phi) is 5.51. The van der Waals surface area contributed by atoms with E-state index in [0.29, 0.717) is 11.6 Å². The molecule has 1 aromatic carbocycles. The van der Waals surface area contributed by atoms with Crippen LogP contribution >= 0.6 is 11.8 Å². The highest BCUT2D eigenvalue weighted by Gasteiger charge is 2.09. The Balaban J connectivity index is 2.59. The molecule has 0 bridgehead atoms. The van der Waals surface area contributed by atoms with Crippen LogP contribution in [0.3, 0.4) is 0 Å². The second-order valence-electron chi connectivity index (χ2n) is 4.22. The van der Waals surface area contributed by atoms with E-state index in [-0.39, 0.29) is 0 Å². The number of benzene rings is 1. The molecule has 0 saturated carbocycles. The summed E-state index contributed by atoms with van der Waals surface area (Å²) in [6.07, 6.45) is 2.10. The zero-order valence-corrected chi connectivity index (χ0v) is 11.3. The predicted molar refractivity (Wildman–Crippen MR) is 72.7 cm³/mol. The van der Waals surface area contributed by atoms with Crippen LogP contribution in [0.2, 0.25) is 0 Å². The molecule has 0 amide bonds. The normalized spacial score (nSPS) is 12.7. The van der Waals surface area contributed by atoms with Gasteiger partial charge >= 0.3 is 5.97 Å². The van der Waals surface area contributed by atoms with Crippen molar-refractivity contribution in [1.29, 1.82) is 0 Å². The first kappa shape index (κ1) is 14.1. The second-order valence-corrected chi connectivity index (χ2v) is 5.13. The number of carboxylic acids is 1. The molecule has 0 aromatic heterocycles. The first-order valence-electron chi connectivity index (χ1n) is 5.56. The van der Waals surface area contributed by atoms with Crippen LogP contribution < -0.4 is 0 Å². The average molecular weight is 253 g/mol. The van der Waals surface area contributed by atoms with Gasteiger partial charge in [0.05, 0.1) is 5.56 Å². The number of hydrogen-bond acceptors (Lipinski definition) is 3. The van der Waals surface area contributed by atoms with Gasteiger partial charge in [0.2, 0.25) is 0 Å². The van der Waals surface area contributed by atoms with Gasteiger partial charge in [0.25, 0.3) is 0 Å². The Morgan fingerprint density at radius 2 is 2.00 bits per heavy atom. The molecular weight excluding hydrogens is 234 g/mol. The van der Waals surface area contributed by atoms with Crippen LogP contribution in [0.1, 0.15) is 22.8 Å². The third-order valence-corrected chi connectivity index (χ3v) is 3.61. The molecule has 1 unspecified atom stereocenters. The van der Waals surface area contributed by atoms with E-state index in [2.05, 4.69) is 25.1 Å². The third kappa shape index (κ3) is 4.40. The highest BCUT2D eigenvalue weighted by molar-refractivity contribution is 7.98. The summed E-state index contributed by atoms with van der Waals surface area (Å²) in [6.45, 7) is 3.05. The fourth-order valence-electron chi connectivity index (χ4n) is 1.56. The summed E-state index contributed by atoms with van der Waals surface area (Å²) in [5.74, 6) is 0.227. The van der Waals surface area contributed by atoms with Crippen molar-refractivity contribution in [1.82, 2.24) is 4.90 Å². The Bertz CT molecular complexity index is 364. The molecular formula is C13H19NO2S. The van der Waals surface area contributed by atoms with Crippen molar-refractivity contribution >= 4 is 17.7 Å².